The van der Waals surface area contributed by atoms with E-state index in [1.807, 2.05) is 0 Å². The highest BCUT2D eigenvalue weighted by Crippen LogP contribution is 2.32. The van der Waals surface area contributed by atoms with Gasteiger partial charge in [-0.3, -0.25) is 4.79 Å². The highest BCUT2D eigenvalue weighted by atomic mass is 35.5. The molecule has 0 aliphatic carbocycles. The number of pyridine rings is 1. The first-order chi connectivity index (χ1) is 10.6. The van der Waals surface area contributed by atoms with Crippen molar-refractivity contribution in [3.05, 3.63) is 50.2 Å². The van der Waals surface area contributed by atoms with Crippen LogP contribution >= 0.6 is 46.4 Å². The summed E-state index contributed by atoms with van der Waals surface area (Å²) >= 11 is 23.5. The first-order valence-corrected chi connectivity index (χ1v) is 9.32. The molecule has 2 aromatic rings. The first-order valence-electron chi connectivity index (χ1n) is 5.91. The van der Waals surface area contributed by atoms with Crippen LogP contribution in [0.25, 0.3) is 0 Å². The zero-order chi connectivity index (χ0) is 17.4. The van der Waals surface area contributed by atoms with E-state index < -0.39 is 15.7 Å². The third-order valence-corrected chi connectivity index (χ3v) is 5.43. The van der Waals surface area contributed by atoms with Crippen molar-refractivity contribution >= 4 is 67.8 Å². The number of amides is 1. The van der Waals surface area contributed by atoms with E-state index in [0.29, 0.717) is 0 Å². The van der Waals surface area contributed by atoms with Crippen molar-refractivity contribution in [3.8, 4) is 0 Å². The monoisotopic (exact) mass is 412 g/mol. The Hall–Kier alpha value is -1.05. The normalized spacial score (nSPS) is 11.3. The van der Waals surface area contributed by atoms with Gasteiger partial charge in [0.05, 0.1) is 30.7 Å². The number of hydrogen-bond acceptors (Lipinski definition) is 4. The van der Waals surface area contributed by atoms with Crippen molar-refractivity contribution < 1.29 is 13.2 Å². The molecule has 0 bridgehead atoms. The van der Waals surface area contributed by atoms with Crippen LogP contribution in [0.15, 0.2) is 29.3 Å². The summed E-state index contributed by atoms with van der Waals surface area (Å²) in [6, 6.07) is 3.93. The van der Waals surface area contributed by atoms with Crippen molar-refractivity contribution in [2.45, 2.75) is 4.90 Å². The van der Waals surface area contributed by atoms with Crippen LogP contribution in [0.5, 0.6) is 0 Å². The third kappa shape index (κ3) is 4.08. The van der Waals surface area contributed by atoms with Crippen molar-refractivity contribution in [3.63, 3.8) is 0 Å². The summed E-state index contributed by atoms with van der Waals surface area (Å²) in [5, 5.41) is 2.57. The number of nitrogens with zero attached hydrogens (tertiary/aromatic N) is 1. The van der Waals surface area contributed by atoms with E-state index in [0.717, 1.165) is 6.26 Å². The maximum absolute atomic E-state index is 12.2. The summed E-state index contributed by atoms with van der Waals surface area (Å²) in [6.45, 7) is 0. The van der Waals surface area contributed by atoms with Gasteiger partial charge in [-0.1, -0.05) is 46.4 Å². The Balaban J connectivity index is 2.40. The minimum atomic E-state index is -3.45. The molecule has 0 radical (unpaired) electrons. The van der Waals surface area contributed by atoms with Crippen LogP contribution in [-0.2, 0) is 9.84 Å². The van der Waals surface area contributed by atoms with Crippen LogP contribution in [0, 0.1) is 0 Å². The maximum atomic E-state index is 12.2. The molecule has 122 valence electrons. The van der Waals surface area contributed by atoms with Gasteiger partial charge in [0.25, 0.3) is 5.91 Å². The topological polar surface area (TPSA) is 76.1 Å². The van der Waals surface area contributed by atoms with E-state index in [1.54, 1.807) is 0 Å². The van der Waals surface area contributed by atoms with E-state index in [9.17, 15) is 13.2 Å². The van der Waals surface area contributed by atoms with Crippen LogP contribution in [0.1, 0.15) is 10.5 Å². The fraction of sp³-hybridized carbons (Fsp3) is 0.0769. The highest BCUT2D eigenvalue weighted by Gasteiger charge is 2.19. The number of carbonyl (C=O) groups excluding carboxylic acids is 1. The Kier molecular flexibility index (Phi) is 5.43. The lowest BCUT2D eigenvalue weighted by molar-refractivity contribution is 0.102. The molecule has 2 rings (SSSR count). The Morgan fingerprint density at radius 3 is 2.35 bits per heavy atom. The Bertz CT molecular complexity index is 900. The summed E-state index contributed by atoms with van der Waals surface area (Å²) in [5.74, 6) is -0.707. The summed E-state index contributed by atoms with van der Waals surface area (Å²) < 4.78 is 23.1. The molecule has 1 amide bonds. The molecule has 0 fully saturated rings. The number of hydrogen-bond donors (Lipinski definition) is 1. The molecule has 1 aromatic carbocycles. The number of aromatic nitrogens is 1. The van der Waals surface area contributed by atoms with Gasteiger partial charge < -0.3 is 5.32 Å². The van der Waals surface area contributed by atoms with E-state index in [4.69, 9.17) is 46.4 Å². The largest absolute Gasteiger partial charge is 0.319 e. The summed E-state index contributed by atoms with van der Waals surface area (Å²) in [5.41, 5.74) is -0.0644. The van der Waals surface area contributed by atoms with Gasteiger partial charge in [0.2, 0.25) is 0 Å². The molecule has 0 saturated heterocycles. The van der Waals surface area contributed by atoms with E-state index in [2.05, 4.69) is 10.3 Å². The average Bonchev–Trinajstić information content (AvgIpc) is 2.46. The fourth-order valence-electron chi connectivity index (χ4n) is 1.61. The van der Waals surface area contributed by atoms with Gasteiger partial charge in [-0.05, 0) is 18.2 Å². The zero-order valence-electron chi connectivity index (χ0n) is 11.4. The van der Waals surface area contributed by atoms with Crippen LogP contribution < -0.4 is 5.32 Å². The molecule has 1 aromatic heterocycles. The van der Waals surface area contributed by atoms with Gasteiger partial charge in [-0.25, -0.2) is 13.4 Å². The number of benzene rings is 1. The van der Waals surface area contributed by atoms with E-state index in [1.165, 1.54) is 24.4 Å². The van der Waals surface area contributed by atoms with Gasteiger partial charge >= 0.3 is 0 Å². The minimum Gasteiger partial charge on any atom is -0.319 e. The highest BCUT2D eigenvalue weighted by molar-refractivity contribution is 7.90. The molecule has 5 nitrogen and oxygen atoms in total. The van der Waals surface area contributed by atoms with Gasteiger partial charge in [0.15, 0.2) is 9.84 Å². The van der Waals surface area contributed by atoms with Crippen molar-refractivity contribution in [2.24, 2.45) is 0 Å². The molecular weight excluding hydrogens is 406 g/mol. The Morgan fingerprint density at radius 2 is 1.74 bits per heavy atom. The fourth-order valence-corrected chi connectivity index (χ4v) is 2.99. The number of carbonyl (C=O) groups is 1. The number of halogens is 4. The van der Waals surface area contributed by atoms with Crippen LogP contribution in [0.2, 0.25) is 20.1 Å². The third-order valence-electron chi connectivity index (χ3n) is 2.75. The summed E-state index contributed by atoms with van der Waals surface area (Å²) in [4.78, 5) is 16.1. The van der Waals surface area contributed by atoms with Crippen LogP contribution in [-0.4, -0.2) is 25.6 Å². The van der Waals surface area contributed by atoms with Gasteiger partial charge in [0.1, 0.15) is 5.69 Å². The van der Waals surface area contributed by atoms with Crippen LogP contribution in [0.4, 0.5) is 5.69 Å². The molecule has 0 unspecified atom stereocenters. The molecule has 0 aliphatic rings. The van der Waals surface area contributed by atoms with Crippen molar-refractivity contribution in [2.75, 3.05) is 11.6 Å². The Labute approximate surface area is 152 Å². The minimum absolute atomic E-state index is 0.00500. The smallest absolute Gasteiger partial charge is 0.275 e. The molecule has 0 saturated carbocycles. The second kappa shape index (κ2) is 6.83. The SMILES string of the molecule is CS(=O)(=O)c1ccc(Cl)c(NC(=O)c2ncc(Cl)c(Cl)c2Cl)c1. The zero-order valence-corrected chi connectivity index (χ0v) is 15.2. The molecule has 23 heavy (non-hydrogen) atoms. The molecule has 0 atom stereocenters. The molecule has 1 N–H and O–H groups in total. The number of sulfone groups is 1. The predicted octanol–water partition coefficient (Wildman–Crippen LogP) is 4.35. The molecular formula is C13H8Cl4N2O3S. The number of nitrogens with one attached hydrogen (secondary N) is 1. The number of rotatable bonds is 3. The summed E-state index contributed by atoms with van der Waals surface area (Å²) in [6.07, 6.45) is 2.22. The van der Waals surface area contributed by atoms with E-state index >= 15 is 0 Å². The van der Waals surface area contributed by atoms with Crippen molar-refractivity contribution in [1.29, 1.82) is 0 Å². The molecule has 1 heterocycles. The standard InChI is InChI=1S/C13H8Cl4N2O3S/c1-23(21,22)6-2-3-7(14)9(4-6)19-13(20)12-11(17)10(16)8(15)5-18-12/h2-5H,1H3,(H,19,20). The van der Waals surface area contributed by atoms with Crippen LogP contribution in [0.3, 0.4) is 0 Å². The lowest BCUT2D eigenvalue weighted by atomic mass is 10.3. The molecule has 0 aliphatic heterocycles. The van der Waals surface area contributed by atoms with E-state index in [-0.39, 0.29) is 36.4 Å². The average molecular weight is 414 g/mol. The van der Waals surface area contributed by atoms with Gasteiger partial charge in [0, 0.05) is 12.5 Å². The first kappa shape index (κ1) is 18.3. The number of anilines is 1. The van der Waals surface area contributed by atoms with Gasteiger partial charge in [-0.15, -0.1) is 0 Å². The predicted molar refractivity (Wildman–Crippen MR) is 91.8 cm³/mol. The van der Waals surface area contributed by atoms with Crippen molar-refractivity contribution in [1.82, 2.24) is 4.98 Å². The maximum Gasteiger partial charge on any atom is 0.275 e. The molecule has 0 spiro atoms. The molecule has 10 heteroatoms. The Morgan fingerprint density at radius 1 is 1.09 bits per heavy atom. The van der Waals surface area contributed by atoms with Gasteiger partial charge in [-0.2, -0.15) is 0 Å². The lowest BCUT2D eigenvalue weighted by Crippen LogP contribution is -2.15. The second-order valence-corrected chi connectivity index (χ2v) is 8.04. The second-order valence-electron chi connectivity index (χ2n) is 4.45. The lowest BCUT2D eigenvalue weighted by Gasteiger charge is -2.10. The summed E-state index contributed by atoms with van der Waals surface area (Å²) in [7, 11) is -3.45. The quantitative estimate of drug-likeness (QED) is 0.811.